The third-order valence-corrected chi connectivity index (χ3v) is 2.83. The number of ether oxygens (including phenoxy) is 1. The summed E-state index contributed by atoms with van der Waals surface area (Å²) >= 11 is 6.11. The largest absolute Gasteiger partial charge is 0.497 e. The third-order valence-electron chi connectivity index (χ3n) is 2.50. The van der Waals surface area contributed by atoms with Gasteiger partial charge in [-0.25, -0.2) is 0 Å². The van der Waals surface area contributed by atoms with Crippen molar-refractivity contribution >= 4 is 22.5 Å². The Balaban J connectivity index is 2.72. The molecule has 0 aliphatic heterocycles. The highest BCUT2D eigenvalue weighted by atomic mass is 35.5. The number of hydrogen-bond donors (Lipinski definition) is 0. The predicted molar refractivity (Wildman–Crippen MR) is 61.4 cm³/mol. The summed E-state index contributed by atoms with van der Waals surface area (Å²) in [5.41, 5.74) is 1.13. The molecule has 1 heterocycles. The van der Waals surface area contributed by atoms with Gasteiger partial charge in [-0.3, -0.25) is 0 Å². The lowest BCUT2D eigenvalue weighted by Crippen LogP contribution is -2.34. The Morgan fingerprint density at radius 1 is 1.27 bits per heavy atom. The molecule has 0 saturated carbocycles. The number of nitrogens with zero attached hydrogens (tertiary/aromatic N) is 1. The van der Waals surface area contributed by atoms with Crippen molar-refractivity contribution in [2.45, 2.75) is 13.5 Å². The Kier molecular flexibility index (Phi) is 2.78. The minimum Gasteiger partial charge on any atom is -0.497 e. The molecule has 0 N–H and O–H groups in total. The summed E-state index contributed by atoms with van der Waals surface area (Å²) in [4.78, 5) is 0. The van der Waals surface area contributed by atoms with E-state index >= 15 is 0 Å². The Bertz CT molecular complexity index is 496. The molecule has 1 aromatic heterocycles. The van der Waals surface area contributed by atoms with E-state index in [2.05, 4.69) is 11.5 Å². The summed E-state index contributed by atoms with van der Waals surface area (Å²) in [7, 11) is 1.67. The molecular weight excluding hydrogens is 210 g/mol. The van der Waals surface area contributed by atoms with Crippen LogP contribution >= 0.6 is 11.6 Å². The van der Waals surface area contributed by atoms with E-state index in [-0.39, 0.29) is 0 Å². The predicted octanol–water partition coefficient (Wildman–Crippen LogP) is 2.81. The molecule has 0 radical (unpaired) electrons. The van der Waals surface area contributed by atoms with Gasteiger partial charge in [0.1, 0.15) is 12.3 Å². The second-order valence-electron chi connectivity index (χ2n) is 3.33. The highest BCUT2D eigenvalue weighted by Gasteiger charge is 2.12. The van der Waals surface area contributed by atoms with E-state index < -0.39 is 0 Å². The first-order chi connectivity index (χ1) is 7.26. The number of hydrogen-bond acceptors (Lipinski definition) is 1. The van der Waals surface area contributed by atoms with Gasteiger partial charge < -0.3 is 4.74 Å². The van der Waals surface area contributed by atoms with E-state index in [0.29, 0.717) is 0 Å². The van der Waals surface area contributed by atoms with Crippen LogP contribution < -0.4 is 9.30 Å². The number of rotatable bonds is 2. The molecule has 2 nitrogen and oxygen atoms in total. The first kappa shape index (κ1) is 10.2. The zero-order valence-electron chi connectivity index (χ0n) is 8.83. The van der Waals surface area contributed by atoms with E-state index in [4.69, 9.17) is 16.3 Å². The molecular formula is C12H13ClNO+. The minimum atomic E-state index is 0.759. The second kappa shape index (κ2) is 4.07. The number of pyridine rings is 1. The summed E-state index contributed by atoms with van der Waals surface area (Å²) in [5, 5.41) is 1.90. The van der Waals surface area contributed by atoms with Gasteiger partial charge in [0.2, 0.25) is 5.52 Å². The fourth-order valence-corrected chi connectivity index (χ4v) is 2.00. The van der Waals surface area contributed by atoms with Crippen LogP contribution in [-0.2, 0) is 6.54 Å². The molecule has 0 saturated heterocycles. The smallest absolute Gasteiger partial charge is 0.275 e. The fourth-order valence-electron chi connectivity index (χ4n) is 1.72. The Labute approximate surface area is 94.1 Å². The van der Waals surface area contributed by atoms with E-state index in [1.165, 1.54) is 0 Å². The van der Waals surface area contributed by atoms with Crippen LogP contribution in [0.4, 0.5) is 0 Å². The van der Waals surface area contributed by atoms with Crippen molar-refractivity contribution in [1.82, 2.24) is 0 Å². The Hall–Kier alpha value is -1.28. The van der Waals surface area contributed by atoms with Gasteiger partial charge in [0.15, 0.2) is 0 Å². The maximum Gasteiger partial charge on any atom is 0.275 e. The van der Waals surface area contributed by atoms with Gasteiger partial charge in [-0.15, -0.1) is 0 Å². The van der Waals surface area contributed by atoms with Crippen LogP contribution in [0, 0.1) is 0 Å². The summed E-state index contributed by atoms with van der Waals surface area (Å²) in [6.45, 7) is 2.94. The third kappa shape index (κ3) is 1.77. The van der Waals surface area contributed by atoms with Crippen LogP contribution in [0.1, 0.15) is 6.92 Å². The van der Waals surface area contributed by atoms with Crippen molar-refractivity contribution in [2.75, 3.05) is 7.11 Å². The van der Waals surface area contributed by atoms with E-state index in [9.17, 15) is 0 Å². The van der Waals surface area contributed by atoms with Gasteiger partial charge in [-0.05, 0) is 36.7 Å². The molecule has 0 fully saturated rings. The highest BCUT2D eigenvalue weighted by Crippen LogP contribution is 2.19. The van der Waals surface area contributed by atoms with Crippen molar-refractivity contribution in [1.29, 1.82) is 0 Å². The van der Waals surface area contributed by atoms with E-state index in [0.717, 1.165) is 28.4 Å². The number of halogens is 1. The molecule has 0 atom stereocenters. The molecule has 0 unspecified atom stereocenters. The van der Waals surface area contributed by atoms with Gasteiger partial charge >= 0.3 is 0 Å². The average molecular weight is 223 g/mol. The zero-order valence-corrected chi connectivity index (χ0v) is 9.58. The van der Waals surface area contributed by atoms with Crippen molar-refractivity contribution < 1.29 is 9.30 Å². The first-order valence-corrected chi connectivity index (χ1v) is 5.30. The Morgan fingerprint density at radius 2 is 2.07 bits per heavy atom. The highest BCUT2D eigenvalue weighted by molar-refractivity contribution is 6.28. The number of aromatic nitrogens is 1. The Morgan fingerprint density at radius 3 is 2.73 bits per heavy atom. The summed E-state index contributed by atoms with van der Waals surface area (Å²) in [5.74, 6) is 0.868. The number of methoxy groups -OCH3 is 1. The van der Waals surface area contributed by atoms with Crippen LogP contribution in [0.25, 0.3) is 10.9 Å². The van der Waals surface area contributed by atoms with Gasteiger partial charge in [-0.1, -0.05) is 0 Å². The summed E-state index contributed by atoms with van der Waals surface area (Å²) in [6, 6.07) is 9.91. The number of benzene rings is 1. The van der Waals surface area contributed by atoms with E-state index in [1.54, 1.807) is 7.11 Å². The fraction of sp³-hybridized carbons (Fsp3) is 0.250. The molecule has 0 bridgehead atoms. The number of aryl methyl sites for hydroxylation is 1. The standard InChI is InChI=1S/C12H13ClNO/c1-3-14-11-6-5-10(15-2)8-9(11)4-7-12(14)13/h4-8H,3H2,1-2H3/q+1. The van der Waals surface area contributed by atoms with Crippen molar-refractivity contribution in [2.24, 2.45) is 0 Å². The van der Waals surface area contributed by atoms with Gasteiger partial charge in [0, 0.05) is 12.1 Å². The quantitative estimate of drug-likeness (QED) is 0.563. The van der Waals surface area contributed by atoms with Gasteiger partial charge in [0.05, 0.1) is 12.5 Å². The van der Waals surface area contributed by atoms with E-state index in [1.807, 2.05) is 30.3 Å². The van der Waals surface area contributed by atoms with Crippen LogP contribution in [0.3, 0.4) is 0 Å². The molecule has 78 valence electrons. The lowest BCUT2D eigenvalue weighted by molar-refractivity contribution is -0.665. The van der Waals surface area contributed by atoms with Crippen LogP contribution in [0.2, 0.25) is 5.15 Å². The van der Waals surface area contributed by atoms with Crippen LogP contribution in [0.5, 0.6) is 5.75 Å². The lowest BCUT2D eigenvalue weighted by atomic mass is 10.2. The number of fused-ring (bicyclic) bond motifs is 1. The molecule has 1 aromatic carbocycles. The maximum absolute atomic E-state index is 6.11. The normalized spacial score (nSPS) is 10.6. The SMILES string of the molecule is CC[n+]1c(Cl)ccc2cc(OC)ccc21. The van der Waals surface area contributed by atoms with Crippen LogP contribution in [0.15, 0.2) is 30.3 Å². The summed E-state index contributed by atoms with van der Waals surface area (Å²) < 4.78 is 7.25. The van der Waals surface area contributed by atoms with Gasteiger partial charge in [-0.2, -0.15) is 4.57 Å². The molecule has 2 aromatic rings. The zero-order chi connectivity index (χ0) is 10.8. The average Bonchev–Trinajstić information content (AvgIpc) is 2.28. The van der Waals surface area contributed by atoms with Crippen LogP contribution in [-0.4, -0.2) is 7.11 Å². The van der Waals surface area contributed by atoms with Crippen molar-refractivity contribution in [3.05, 3.63) is 35.5 Å². The molecule has 0 aliphatic rings. The molecule has 15 heavy (non-hydrogen) atoms. The monoisotopic (exact) mass is 222 g/mol. The molecule has 3 heteroatoms. The topological polar surface area (TPSA) is 13.1 Å². The van der Waals surface area contributed by atoms with Crippen molar-refractivity contribution in [3.63, 3.8) is 0 Å². The molecule has 0 amide bonds. The maximum atomic E-state index is 6.11. The minimum absolute atomic E-state index is 0.759. The molecule has 0 spiro atoms. The molecule has 0 aliphatic carbocycles. The second-order valence-corrected chi connectivity index (χ2v) is 3.71. The summed E-state index contributed by atoms with van der Waals surface area (Å²) in [6.07, 6.45) is 0. The first-order valence-electron chi connectivity index (χ1n) is 4.92. The van der Waals surface area contributed by atoms with Crippen molar-refractivity contribution in [3.8, 4) is 5.75 Å². The lowest BCUT2D eigenvalue weighted by Gasteiger charge is -2.03. The van der Waals surface area contributed by atoms with Gasteiger partial charge in [0.25, 0.3) is 5.15 Å². The molecule has 2 rings (SSSR count).